The fraction of sp³-hybridized carbons (Fsp3) is 0.333. The monoisotopic (exact) mass is 526 g/mol. The molecule has 0 saturated carbocycles. The molecule has 2 amide bonds. The Bertz CT molecular complexity index is 1400. The van der Waals surface area contributed by atoms with Crippen molar-refractivity contribution >= 4 is 23.5 Å². The molecule has 2 aliphatic rings. The van der Waals surface area contributed by atoms with Gasteiger partial charge in [0.05, 0.1) is 31.1 Å². The maximum absolute atomic E-state index is 15.1. The summed E-state index contributed by atoms with van der Waals surface area (Å²) in [7, 11) is 0. The molecule has 0 bridgehead atoms. The van der Waals surface area contributed by atoms with E-state index < -0.39 is 28.8 Å². The summed E-state index contributed by atoms with van der Waals surface area (Å²) in [6.45, 7) is 0.807. The molecule has 2 N–H and O–H groups in total. The number of amides is 2. The van der Waals surface area contributed by atoms with Crippen molar-refractivity contribution in [2.45, 2.75) is 38.2 Å². The number of carbonyl (C=O) groups is 2. The van der Waals surface area contributed by atoms with Crippen molar-refractivity contribution in [3.05, 3.63) is 64.4 Å². The molecule has 1 fully saturated rings. The Hall–Kier alpha value is -4.59. The molecule has 0 spiro atoms. The van der Waals surface area contributed by atoms with Gasteiger partial charge in [-0.1, -0.05) is 0 Å². The molecular formula is C24H23FN6O7. The number of cyclic esters (lactones) is 1. The summed E-state index contributed by atoms with van der Waals surface area (Å²) >= 11 is 0. The number of primary amides is 1. The summed E-state index contributed by atoms with van der Waals surface area (Å²) in [5.74, 6) is -1.32. The number of ether oxygens (including phenoxy) is 3. The first kappa shape index (κ1) is 25.1. The van der Waals surface area contributed by atoms with Crippen LogP contribution in [-0.2, 0) is 27.4 Å². The number of halogens is 1. The lowest BCUT2D eigenvalue weighted by atomic mass is 10.0. The second kappa shape index (κ2) is 10.4. The lowest BCUT2D eigenvalue weighted by Crippen LogP contribution is -2.32. The van der Waals surface area contributed by atoms with Gasteiger partial charge in [0.2, 0.25) is 5.91 Å². The molecule has 3 aromatic rings. The molecule has 5 rings (SSSR count). The van der Waals surface area contributed by atoms with Crippen molar-refractivity contribution in [2.75, 3.05) is 18.1 Å². The van der Waals surface area contributed by atoms with Crippen LogP contribution in [-0.4, -0.2) is 56.8 Å². The average molecular weight is 526 g/mol. The van der Waals surface area contributed by atoms with E-state index in [4.69, 9.17) is 19.9 Å². The number of nitro groups is 1. The van der Waals surface area contributed by atoms with Gasteiger partial charge in [0, 0.05) is 23.2 Å². The number of hydrogen-bond acceptors (Lipinski definition) is 9. The van der Waals surface area contributed by atoms with Crippen molar-refractivity contribution in [3.63, 3.8) is 0 Å². The van der Waals surface area contributed by atoms with Crippen LogP contribution >= 0.6 is 0 Å². The minimum atomic E-state index is -0.612. The van der Waals surface area contributed by atoms with Gasteiger partial charge in [-0.05, 0) is 47.2 Å². The highest BCUT2D eigenvalue weighted by Gasteiger charge is 2.33. The molecular weight excluding hydrogens is 503 g/mol. The van der Waals surface area contributed by atoms with E-state index in [0.717, 1.165) is 0 Å². The lowest BCUT2D eigenvalue weighted by molar-refractivity contribution is -0.389. The highest BCUT2D eigenvalue weighted by atomic mass is 19.1. The number of anilines is 1. The second-order valence-corrected chi connectivity index (χ2v) is 8.86. The number of nitrogens with two attached hydrogens (primary N) is 1. The van der Waals surface area contributed by atoms with Crippen LogP contribution < -0.4 is 15.4 Å². The summed E-state index contributed by atoms with van der Waals surface area (Å²) < 4.78 is 33.2. The standard InChI is InChI=1S/C24H23FN6O7/c25-20-8-16(30-10-17(38-24(30)33)2-4-21(26)32)1-3-19(20)14-5-6-27-15(7-14)12-36-18-9-29-11-22(31(34)35)28-23(29)37-13-18/h1,3,5-8,11,17-18H,2,4,9-10,12-13H2,(H2,26,32)/t17-,18-/m0/s1. The first-order valence-electron chi connectivity index (χ1n) is 11.7. The molecule has 0 aliphatic carbocycles. The van der Waals surface area contributed by atoms with Crippen LogP contribution in [0.1, 0.15) is 18.5 Å². The van der Waals surface area contributed by atoms with Gasteiger partial charge < -0.3 is 30.1 Å². The number of benzene rings is 1. The van der Waals surface area contributed by atoms with Crippen LogP contribution in [0, 0.1) is 15.9 Å². The van der Waals surface area contributed by atoms with E-state index in [1.807, 2.05) is 0 Å². The van der Waals surface area contributed by atoms with Crippen LogP contribution in [0.5, 0.6) is 6.01 Å². The Morgan fingerprint density at radius 2 is 2.13 bits per heavy atom. The molecule has 2 atom stereocenters. The van der Waals surface area contributed by atoms with E-state index in [9.17, 15) is 19.7 Å². The lowest BCUT2D eigenvalue weighted by Gasteiger charge is -2.22. The molecule has 4 heterocycles. The number of nitrogens with zero attached hydrogens (tertiary/aromatic N) is 5. The van der Waals surface area contributed by atoms with Crippen LogP contribution in [0.15, 0.2) is 42.7 Å². The average Bonchev–Trinajstić information content (AvgIpc) is 3.49. The number of imidazole rings is 1. The number of fused-ring (bicyclic) bond motifs is 1. The van der Waals surface area contributed by atoms with E-state index >= 15 is 4.39 Å². The van der Waals surface area contributed by atoms with Crippen LogP contribution in [0.25, 0.3) is 11.1 Å². The molecule has 2 aliphatic heterocycles. The van der Waals surface area contributed by atoms with E-state index in [1.165, 1.54) is 27.9 Å². The Morgan fingerprint density at radius 1 is 1.29 bits per heavy atom. The van der Waals surface area contributed by atoms with Crippen LogP contribution in [0.2, 0.25) is 0 Å². The third-order valence-electron chi connectivity index (χ3n) is 6.16. The van der Waals surface area contributed by atoms with Crippen molar-refractivity contribution in [1.82, 2.24) is 14.5 Å². The highest BCUT2D eigenvalue weighted by molar-refractivity contribution is 5.90. The molecule has 38 heavy (non-hydrogen) atoms. The van der Waals surface area contributed by atoms with E-state index in [-0.39, 0.29) is 44.1 Å². The van der Waals surface area contributed by atoms with Crippen LogP contribution in [0.3, 0.4) is 0 Å². The molecule has 0 radical (unpaired) electrons. The van der Waals surface area contributed by atoms with E-state index in [1.54, 1.807) is 24.3 Å². The van der Waals surface area contributed by atoms with Gasteiger partial charge in [0.1, 0.15) is 30.8 Å². The number of carbonyl (C=O) groups excluding carboxylic acids is 2. The van der Waals surface area contributed by atoms with Gasteiger partial charge in [-0.25, -0.2) is 9.18 Å². The quantitative estimate of drug-likeness (QED) is 0.326. The van der Waals surface area contributed by atoms with E-state index in [0.29, 0.717) is 35.5 Å². The summed E-state index contributed by atoms with van der Waals surface area (Å²) in [5, 5.41) is 10.9. The third kappa shape index (κ3) is 5.39. The minimum absolute atomic E-state index is 0.0913. The first-order chi connectivity index (χ1) is 18.3. The minimum Gasteiger partial charge on any atom is -0.444 e. The predicted octanol–water partition coefficient (Wildman–Crippen LogP) is 2.56. The summed E-state index contributed by atoms with van der Waals surface area (Å²) in [4.78, 5) is 43.0. The van der Waals surface area contributed by atoms with Crippen molar-refractivity contribution < 1.29 is 33.1 Å². The summed E-state index contributed by atoms with van der Waals surface area (Å²) in [5.41, 5.74) is 6.92. The summed E-state index contributed by atoms with van der Waals surface area (Å²) in [6, 6.07) is 7.96. The predicted molar refractivity (Wildman–Crippen MR) is 129 cm³/mol. The molecule has 13 nitrogen and oxygen atoms in total. The zero-order chi connectivity index (χ0) is 26.8. The smallest absolute Gasteiger partial charge is 0.414 e. The van der Waals surface area contributed by atoms with Gasteiger partial charge in [0.15, 0.2) is 0 Å². The Labute approximate surface area is 215 Å². The maximum atomic E-state index is 15.1. The summed E-state index contributed by atoms with van der Waals surface area (Å²) in [6.07, 6.45) is 1.73. The van der Waals surface area contributed by atoms with Crippen LogP contribution in [0.4, 0.5) is 20.7 Å². The Balaban J connectivity index is 1.22. The van der Waals surface area contributed by atoms with Gasteiger partial charge in [-0.2, -0.15) is 0 Å². The Morgan fingerprint density at radius 3 is 2.89 bits per heavy atom. The second-order valence-electron chi connectivity index (χ2n) is 8.86. The van der Waals surface area contributed by atoms with Crippen molar-refractivity contribution in [2.24, 2.45) is 5.73 Å². The number of hydrogen-bond donors (Lipinski definition) is 1. The maximum Gasteiger partial charge on any atom is 0.414 e. The molecule has 0 unspecified atom stereocenters. The van der Waals surface area contributed by atoms with Crippen molar-refractivity contribution in [1.29, 1.82) is 0 Å². The molecule has 1 aromatic carbocycles. The zero-order valence-corrected chi connectivity index (χ0v) is 20.0. The van der Waals surface area contributed by atoms with Crippen molar-refractivity contribution in [3.8, 4) is 17.1 Å². The first-order valence-corrected chi connectivity index (χ1v) is 11.7. The fourth-order valence-corrected chi connectivity index (χ4v) is 4.28. The van der Waals surface area contributed by atoms with Gasteiger partial charge in [-0.15, -0.1) is 0 Å². The topological polar surface area (TPSA) is 165 Å². The zero-order valence-electron chi connectivity index (χ0n) is 20.0. The SMILES string of the molecule is NC(=O)CC[C@H]1CN(c2ccc(-c3ccnc(CO[C@@H]4COc5nc([N+](=O)[O-])cn5C4)c3)c(F)c2)C(=O)O1. The number of rotatable bonds is 9. The highest BCUT2D eigenvalue weighted by Crippen LogP contribution is 2.30. The van der Waals surface area contributed by atoms with E-state index in [2.05, 4.69) is 9.97 Å². The molecule has 14 heteroatoms. The third-order valence-corrected chi connectivity index (χ3v) is 6.16. The van der Waals surface area contributed by atoms with Gasteiger partial charge in [-0.3, -0.25) is 19.2 Å². The number of aromatic nitrogens is 3. The largest absolute Gasteiger partial charge is 0.444 e. The Kier molecular flexibility index (Phi) is 6.87. The molecule has 2 aromatic heterocycles. The fourth-order valence-electron chi connectivity index (χ4n) is 4.28. The van der Waals surface area contributed by atoms with Gasteiger partial charge in [0.25, 0.3) is 0 Å². The number of pyridine rings is 1. The van der Waals surface area contributed by atoms with Gasteiger partial charge >= 0.3 is 17.9 Å². The molecule has 1 saturated heterocycles. The molecule has 198 valence electrons. The normalized spacial score (nSPS) is 18.6.